The molecule has 1 heterocycles. The molecule has 4 heteroatoms. The summed E-state index contributed by atoms with van der Waals surface area (Å²) in [7, 11) is 0. The summed E-state index contributed by atoms with van der Waals surface area (Å²) in [5, 5.41) is 9.74. The Morgan fingerprint density at radius 2 is 2.35 bits per heavy atom. The largest absolute Gasteiger partial charge is 0.312 e. The first-order valence-corrected chi connectivity index (χ1v) is 6.65. The molecule has 1 aromatic rings. The fraction of sp³-hybridized carbons (Fsp3) is 0.385. The summed E-state index contributed by atoms with van der Waals surface area (Å²) in [5.41, 5.74) is 2.51. The van der Waals surface area contributed by atoms with Crippen LogP contribution in [0.1, 0.15) is 17.5 Å². The number of rotatable bonds is 2. The Kier molecular flexibility index (Phi) is 3.49. The molecule has 1 aliphatic heterocycles. The van der Waals surface area contributed by atoms with Gasteiger partial charge in [-0.05, 0) is 30.5 Å². The van der Waals surface area contributed by atoms with E-state index in [9.17, 15) is 4.79 Å². The number of nitrogens with zero attached hydrogens (tertiary/aromatic N) is 2. The normalized spacial score (nSPS) is 19.5. The van der Waals surface area contributed by atoms with Gasteiger partial charge in [-0.1, -0.05) is 22.0 Å². The van der Waals surface area contributed by atoms with E-state index in [0.29, 0.717) is 17.9 Å². The van der Waals surface area contributed by atoms with Gasteiger partial charge in [-0.3, -0.25) is 4.79 Å². The smallest absolute Gasteiger partial charge is 0.227 e. The van der Waals surface area contributed by atoms with Crippen LogP contribution < -0.4 is 4.90 Å². The van der Waals surface area contributed by atoms with E-state index in [0.717, 1.165) is 23.1 Å². The van der Waals surface area contributed by atoms with Crippen molar-refractivity contribution in [3.8, 4) is 6.07 Å². The van der Waals surface area contributed by atoms with Crippen molar-refractivity contribution in [3.05, 3.63) is 29.3 Å². The molecule has 3 nitrogen and oxygen atoms in total. The monoisotopic (exact) mass is 292 g/mol. The van der Waals surface area contributed by atoms with Gasteiger partial charge in [-0.15, -0.1) is 0 Å². The molecule has 17 heavy (non-hydrogen) atoms. The van der Waals surface area contributed by atoms with Crippen LogP contribution in [0, 0.1) is 24.2 Å². The van der Waals surface area contributed by atoms with Gasteiger partial charge < -0.3 is 4.90 Å². The minimum absolute atomic E-state index is 0.146. The number of amides is 1. The van der Waals surface area contributed by atoms with Crippen LogP contribution in [0.4, 0.5) is 5.69 Å². The molecule has 1 amide bonds. The average molecular weight is 293 g/mol. The fourth-order valence-electron chi connectivity index (χ4n) is 2.09. The predicted molar refractivity (Wildman–Crippen MR) is 70.1 cm³/mol. The molecule has 0 radical (unpaired) electrons. The number of alkyl halides is 1. The molecule has 0 spiro atoms. The maximum atomic E-state index is 11.9. The van der Waals surface area contributed by atoms with Gasteiger partial charge in [0.15, 0.2) is 0 Å². The minimum atomic E-state index is 0.146. The van der Waals surface area contributed by atoms with Crippen molar-refractivity contribution in [1.82, 2.24) is 0 Å². The molecule has 0 N–H and O–H groups in total. The zero-order chi connectivity index (χ0) is 12.4. The quantitative estimate of drug-likeness (QED) is 0.787. The lowest BCUT2D eigenvalue weighted by molar-refractivity contribution is -0.117. The number of halogens is 1. The van der Waals surface area contributed by atoms with Crippen LogP contribution in [0.5, 0.6) is 0 Å². The summed E-state index contributed by atoms with van der Waals surface area (Å²) in [6, 6.07) is 7.58. The Morgan fingerprint density at radius 1 is 1.59 bits per heavy atom. The van der Waals surface area contributed by atoms with Crippen LogP contribution in [0.2, 0.25) is 0 Å². The molecule has 1 unspecified atom stereocenters. The topological polar surface area (TPSA) is 44.1 Å². The number of carbonyl (C=O) groups excluding carboxylic acids is 1. The number of anilines is 1. The Hall–Kier alpha value is -1.34. The fourth-order valence-corrected chi connectivity index (χ4v) is 2.52. The van der Waals surface area contributed by atoms with Crippen LogP contribution in [-0.4, -0.2) is 17.8 Å². The molecule has 1 atom stereocenters. The molecule has 1 saturated heterocycles. The molecule has 1 fully saturated rings. The summed E-state index contributed by atoms with van der Waals surface area (Å²) >= 11 is 3.42. The van der Waals surface area contributed by atoms with E-state index < -0.39 is 0 Å². The van der Waals surface area contributed by atoms with Crippen molar-refractivity contribution in [2.24, 2.45) is 5.92 Å². The Bertz CT molecular complexity index is 493. The molecule has 1 aliphatic rings. The lowest BCUT2D eigenvalue weighted by atomic mass is 10.1. The van der Waals surface area contributed by atoms with E-state index in [1.165, 1.54) is 0 Å². The van der Waals surface area contributed by atoms with Crippen molar-refractivity contribution < 1.29 is 4.79 Å². The highest BCUT2D eigenvalue weighted by molar-refractivity contribution is 9.09. The van der Waals surface area contributed by atoms with Crippen LogP contribution in [0.3, 0.4) is 0 Å². The number of nitriles is 1. The first-order chi connectivity index (χ1) is 8.15. The summed E-state index contributed by atoms with van der Waals surface area (Å²) in [6.45, 7) is 2.70. The Morgan fingerprint density at radius 3 is 2.94 bits per heavy atom. The van der Waals surface area contributed by atoms with Gasteiger partial charge >= 0.3 is 0 Å². The number of hydrogen-bond acceptors (Lipinski definition) is 2. The summed E-state index contributed by atoms with van der Waals surface area (Å²) in [5.74, 6) is 0.514. The van der Waals surface area contributed by atoms with E-state index in [1.54, 1.807) is 17.0 Å². The van der Waals surface area contributed by atoms with Crippen molar-refractivity contribution in [2.75, 3.05) is 16.8 Å². The van der Waals surface area contributed by atoms with E-state index in [1.807, 2.05) is 13.0 Å². The second kappa shape index (κ2) is 4.89. The van der Waals surface area contributed by atoms with Crippen molar-refractivity contribution in [2.45, 2.75) is 13.3 Å². The van der Waals surface area contributed by atoms with E-state index in [2.05, 4.69) is 22.0 Å². The highest BCUT2D eigenvalue weighted by atomic mass is 79.9. The van der Waals surface area contributed by atoms with E-state index in [4.69, 9.17) is 5.26 Å². The Labute approximate surface area is 109 Å². The lowest BCUT2D eigenvalue weighted by Gasteiger charge is -2.19. The van der Waals surface area contributed by atoms with Gasteiger partial charge in [-0.2, -0.15) is 5.26 Å². The van der Waals surface area contributed by atoms with Crippen LogP contribution in [-0.2, 0) is 4.79 Å². The molecule has 0 aliphatic carbocycles. The van der Waals surface area contributed by atoms with Crippen molar-refractivity contribution >= 4 is 27.5 Å². The Balaban J connectivity index is 2.34. The highest BCUT2D eigenvalue weighted by Crippen LogP contribution is 2.29. The molecule has 88 valence electrons. The van der Waals surface area contributed by atoms with E-state index >= 15 is 0 Å². The highest BCUT2D eigenvalue weighted by Gasteiger charge is 2.30. The molecule has 1 aromatic carbocycles. The lowest BCUT2D eigenvalue weighted by Crippen LogP contribution is -2.25. The maximum Gasteiger partial charge on any atom is 0.227 e. The number of aryl methyl sites for hydroxylation is 1. The molecular formula is C13H13BrN2O. The zero-order valence-corrected chi connectivity index (χ0v) is 11.2. The molecule has 2 rings (SSSR count). The van der Waals surface area contributed by atoms with E-state index in [-0.39, 0.29) is 5.91 Å². The second-order valence-electron chi connectivity index (χ2n) is 4.34. The van der Waals surface area contributed by atoms with Gasteiger partial charge in [0, 0.05) is 24.0 Å². The third kappa shape index (κ3) is 2.34. The second-order valence-corrected chi connectivity index (χ2v) is 4.99. The number of hydrogen-bond donors (Lipinski definition) is 0. The zero-order valence-electron chi connectivity index (χ0n) is 9.61. The first-order valence-electron chi connectivity index (χ1n) is 5.52. The van der Waals surface area contributed by atoms with Gasteiger partial charge in [0.25, 0.3) is 0 Å². The SMILES string of the molecule is Cc1ccc(C#N)cc1N1CC(CBr)CC1=O. The van der Waals surface area contributed by atoms with Crippen LogP contribution in [0.25, 0.3) is 0 Å². The minimum Gasteiger partial charge on any atom is -0.312 e. The maximum absolute atomic E-state index is 11.9. The average Bonchev–Trinajstić information content (AvgIpc) is 2.71. The third-order valence-electron chi connectivity index (χ3n) is 3.05. The molecule has 0 bridgehead atoms. The van der Waals surface area contributed by atoms with Crippen molar-refractivity contribution in [3.63, 3.8) is 0 Å². The van der Waals surface area contributed by atoms with Gasteiger partial charge in [0.05, 0.1) is 11.6 Å². The van der Waals surface area contributed by atoms with Gasteiger partial charge in [0.1, 0.15) is 0 Å². The number of benzene rings is 1. The molecular weight excluding hydrogens is 280 g/mol. The summed E-state index contributed by atoms with van der Waals surface area (Å²) in [4.78, 5) is 13.7. The first kappa shape index (κ1) is 12.1. The standard InChI is InChI=1S/C13H13BrN2O/c1-9-2-3-10(7-15)4-12(9)16-8-11(6-14)5-13(16)17/h2-4,11H,5-6,8H2,1H3. The summed E-state index contributed by atoms with van der Waals surface area (Å²) in [6.07, 6.45) is 0.585. The number of carbonyl (C=O) groups is 1. The molecule has 0 saturated carbocycles. The predicted octanol–water partition coefficient (Wildman–Crippen LogP) is 2.61. The van der Waals surface area contributed by atoms with Gasteiger partial charge in [0.2, 0.25) is 5.91 Å². The third-order valence-corrected chi connectivity index (χ3v) is 3.97. The van der Waals surface area contributed by atoms with Gasteiger partial charge in [-0.25, -0.2) is 0 Å². The summed E-state index contributed by atoms with van der Waals surface area (Å²) < 4.78 is 0. The molecule has 0 aromatic heterocycles. The van der Waals surface area contributed by atoms with Crippen LogP contribution >= 0.6 is 15.9 Å². The van der Waals surface area contributed by atoms with Crippen molar-refractivity contribution in [1.29, 1.82) is 5.26 Å². The van der Waals surface area contributed by atoms with Crippen LogP contribution in [0.15, 0.2) is 18.2 Å².